The van der Waals surface area contributed by atoms with Gasteiger partial charge < -0.3 is 19.2 Å². The van der Waals surface area contributed by atoms with E-state index in [-0.39, 0.29) is 25.0 Å². The molecule has 0 radical (unpaired) electrons. The van der Waals surface area contributed by atoms with E-state index in [0.717, 1.165) is 16.5 Å². The van der Waals surface area contributed by atoms with Gasteiger partial charge in [-0.25, -0.2) is 14.4 Å². The number of halogens is 2. The van der Waals surface area contributed by atoms with Crippen molar-refractivity contribution in [3.05, 3.63) is 132 Å². The lowest BCUT2D eigenvalue weighted by atomic mass is 10.1. The maximum absolute atomic E-state index is 13.5. The number of anilines is 2. The lowest BCUT2D eigenvalue weighted by molar-refractivity contribution is -0.467. The van der Waals surface area contributed by atoms with Gasteiger partial charge in [0.2, 0.25) is 0 Å². The number of nitrogens with zero attached hydrogens (tertiary/aromatic N) is 4. The molecular formula is C34H25ClFN6O3+. The Labute approximate surface area is 262 Å². The van der Waals surface area contributed by atoms with E-state index in [1.54, 1.807) is 42.5 Å². The highest BCUT2D eigenvalue weighted by Crippen LogP contribution is 2.33. The zero-order valence-electron chi connectivity index (χ0n) is 23.7. The molecule has 0 aliphatic rings. The first kappa shape index (κ1) is 29.2. The van der Waals surface area contributed by atoms with Gasteiger partial charge >= 0.3 is 12.2 Å². The molecule has 11 heteroatoms. The van der Waals surface area contributed by atoms with E-state index in [2.05, 4.69) is 15.3 Å². The summed E-state index contributed by atoms with van der Waals surface area (Å²) in [5.74, 6) is 2.33. The van der Waals surface area contributed by atoms with Gasteiger partial charge in [-0.05, 0) is 78.4 Å². The lowest BCUT2D eigenvalue weighted by Gasteiger charge is -2.12. The summed E-state index contributed by atoms with van der Waals surface area (Å²) in [5, 5.41) is 14.1. The summed E-state index contributed by atoms with van der Waals surface area (Å²) in [6, 6.07) is 29.7. The van der Waals surface area contributed by atoms with Gasteiger partial charge in [-0.1, -0.05) is 41.9 Å². The molecule has 222 valence electrons. The third-order valence-electron chi connectivity index (χ3n) is 6.73. The van der Waals surface area contributed by atoms with Crippen molar-refractivity contribution >= 4 is 40.0 Å². The van der Waals surface area contributed by atoms with Gasteiger partial charge in [0.05, 0.1) is 10.5 Å². The Morgan fingerprint density at radius 1 is 0.978 bits per heavy atom. The number of fused-ring (bicyclic) bond motifs is 1. The summed E-state index contributed by atoms with van der Waals surface area (Å²) in [5.41, 5.74) is 8.93. The molecular weight excluding hydrogens is 595 g/mol. The van der Waals surface area contributed by atoms with Gasteiger partial charge in [-0.2, -0.15) is 0 Å². The molecule has 6 rings (SSSR count). The Morgan fingerprint density at radius 3 is 2.64 bits per heavy atom. The van der Waals surface area contributed by atoms with Crippen molar-refractivity contribution in [3.8, 4) is 29.0 Å². The largest absolute Gasteiger partial charge is 0.487 e. The summed E-state index contributed by atoms with van der Waals surface area (Å²) >= 11 is 6.50. The third kappa shape index (κ3) is 7.01. The van der Waals surface area contributed by atoms with Crippen molar-refractivity contribution in [2.24, 2.45) is 5.73 Å². The summed E-state index contributed by atoms with van der Waals surface area (Å²) in [6.45, 7) is 0.265. The number of rotatable bonds is 9. The predicted octanol–water partition coefficient (Wildman–Crippen LogP) is 7.39. The average molecular weight is 620 g/mol. The topological polar surface area (TPSA) is 122 Å². The van der Waals surface area contributed by atoms with E-state index in [1.165, 1.54) is 23.0 Å². The van der Waals surface area contributed by atoms with E-state index in [9.17, 15) is 9.65 Å². The summed E-state index contributed by atoms with van der Waals surface area (Å²) < 4.78 is 32.1. The highest BCUT2D eigenvalue weighted by atomic mass is 35.5. The Bertz CT molecular complexity index is 2060. The minimum Gasteiger partial charge on any atom is -0.487 e. The third-order valence-corrected chi connectivity index (χ3v) is 7.02. The van der Waals surface area contributed by atoms with E-state index in [4.69, 9.17) is 31.2 Å². The van der Waals surface area contributed by atoms with Crippen molar-refractivity contribution in [1.29, 1.82) is 5.26 Å². The summed E-state index contributed by atoms with van der Waals surface area (Å²) in [6.07, 6.45) is 3.50. The monoisotopic (exact) mass is 619 g/mol. The molecule has 3 N–H and O–H groups in total. The van der Waals surface area contributed by atoms with Crippen LogP contribution in [-0.4, -0.2) is 20.6 Å². The number of benzene rings is 4. The summed E-state index contributed by atoms with van der Waals surface area (Å²) in [7, 11) is 0. The van der Waals surface area contributed by atoms with Gasteiger partial charge in [0.15, 0.2) is 0 Å². The SMILES string of the molecule is N#C[N+](Cc1ccc(-c2ccc3ncnc(Nc4ccc(OCc5cccc(F)c5)c(Cl)c4)c3c2)o1)=C(N)Oc1ccccc1. The standard InChI is InChI=1S/C34H24ClFN6O3/c35-29-17-25(10-13-32(29)43-19-22-5-4-6-24(36)15-22)41-33-28-16-23(9-12-30(28)39-21-40-33)31-14-11-27(44-31)18-42(20-37)34(38)45-26-7-2-1-3-8-26/h1-17,21,38H,18-19H2,(H,39,40,41)/p+1. The van der Waals surface area contributed by atoms with Crippen LogP contribution in [-0.2, 0) is 13.2 Å². The van der Waals surface area contributed by atoms with Crippen LogP contribution in [0.25, 0.3) is 22.2 Å². The Kier molecular flexibility index (Phi) is 8.53. The van der Waals surface area contributed by atoms with Gasteiger partial charge in [0.1, 0.15) is 54.1 Å². The highest BCUT2D eigenvalue weighted by molar-refractivity contribution is 6.32. The van der Waals surface area contributed by atoms with Crippen LogP contribution in [0.4, 0.5) is 15.9 Å². The molecule has 45 heavy (non-hydrogen) atoms. The Hall–Kier alpha value is -5.92. The molecule has 2 aromatic heterocycles. The minimum atomic E-state index is -0.325. The molecule has 0 amide bonds. The number of aromatic nitrogens is 2. The Balaban J connectivity index is 1.19. The second-order valence-corrected chi connectivity index (χ2v) is 10.3. The number of ether oxygens (including phenoxy) is 2. The molecule has 0 spiro atoms. The molecule has 0 aliphatic carbocycles. The maximum atomic E-state index is 13.5. The molecule has 0 aliphatic heterocycles. The van der Waals surface area contributed by atoms with Gasteiger partial charge in [0, 0.05) is 21.9 Å². The number of nitrogens with two attached hydrogens (primary N) is 1. The van der Waals surface area contributed by atoms with Crippen LogP contribution in [0.15, 0.2) is 114 Å². The van der Waals surface area contributed by atoms with Crippen molar-refractivity contribution in [3.63, 3.8) is 0 Å². The van der Waals surface area contributed by atoms with Crippen LogP contribution in [0, 0.1) is 17.3 Å². The number of amidine groups is 1. The second-order valence-electron chi connectivity index (χ2n) is 9.85. The zero-order chi connectivity index (χ0) is 31.2. The van der Waals surface area contributed by atoms with E-state index in [0.29, 0.717) is 45.1 Å². The lowest BCUT2D eigenvalue weighted by Crippen LogP contribution is -2.30. The molecule has 4 aromatic carbocycles. The van der Waals surface area contributed by atoms with Crippen molar-refractivity contribution in [1.82, 2.24) is 9.97 Å². The van der Waals surface area contributed by atoms with Crippen LogP contribution in [0.2, 0.25) is 5.02 Å². The van der Waals surface area contributed by atoms with Crippen molar-refractivity contribution < 1.29 is 22.9 Å². The second kappa shape index (κ2) is 13.2. The van der Waals surface area contributed by atoms with Crippen LogP contribution < -0.4 is 20.5 Å². The van der Waals surface area contributed by atoms with Gasteiger partial charge in [-0.15, -0.1) is 4.58 Å². The summed E-state index contributed by atoms with van der Waals surface area (Å²) in [4.78, 5) is 8.84. The molecule has 0 unspecified atom stereocenters. The normalized spacial score (nSPS) is 11.5. The molecule has 2 heterocycles. The molecule has 0 atom stereocenters. The molecule has 0 saturated heterocycles. The smallest absolute Gasteiger partial charge is 0.404 e. The highest BCUT2D eigenvalue weighted by Gasteiger charge is 2.15. The fourth-order valence-electron chi connectivity index (χ4n) is 4.53. The fraction of sp³-hybridized carbons (Fsp3) is 0.0588. The number of para-hydroxylation sites is 1. The number of hydrogen-bond donors (Lipinski definition) is 2. The van der Waals surface area contributed by atoms with Crippen LogP contribution >= 0.6 is 11.6 Å². The van der Waals surface area contributed by atoms with Crippen LogP contribution in [0.3, 0.4) is 0 Å². The van der Waals surface area contributed by atoms with E-state index >= 15 is 0 Å². The van der Waals surface area contributed by atoms with Gasteiger partial charge in [-0.3, -0.25) is 5.73 Å². The number of hydrogen-bond acceptors (Lipinski definition) is 7. The average Bonchev–Trinajstić information content (AvgIpc) is 3.52. The first-order chi connectivity index (χ1) is 21.9. The number of furan rings is 1. The zero-order valence-corrected chi connectivity index (χ0v) is 24.4. The van der Waals surface area contributed by atoms with Crippen LogP contribution in [0.5, 0.6) is 11.5 Å². The van der Waals surface area contributed by atoms with Gasteiger partial charge in [0.25, 0.3) is 0 Å². The molecule has 9 nitrogen and oxygen atoms in total. The first-order valence-electron chi connectivity index (χ1n) is 13.8. The number of nitrogens with one attached hydrogen (secondary N) is 1. The molecule has 0 bridgehead atoms. The number of nitriles is 1. The maximum Gasteiger partial charge on any atom is 0.404 e. The molecule has 6 aromatic rings. The van der Waals surface area contributed by atoms with Crippen molar-refractivity contribution in [2.45, 2.75) is 13.2 Å². The van der Waals surface area contributed by atoms with Crippen molar-refractivity contribution in [2.75, 3.05) is 5.32 Å². The molecule has 0 fully saturated rings. The predicted molar refractivity (Wildman–Crippen MR) is 169 cm³/mol. The Morgan fingerprint density at radius 2 is 1.84 bits per heavy atom. The quantitative estimate of drug-likeness (QED) is 0.0565. The van der Waals surface area contributed by atoms with E-state index in [1.807, 2.05) is 54.7 Å². The fourth-order valence-corrected chi connectivity index (χ4v) is 4.77. The minimum absolute atomic E-state index is 0.0634. The molecule has 0 saturated carbocycles. The van der Waals surface area contributed by atoms with E-state index < -0.39 is 0 Å². The van der Waals surface area contributed by atoms with Crippen LogP contribution in [0.1, 0.15) is 11.3 Å². The first-order valence-corrected chi connectivity index (χ1v) is 14.1.